The van der Waals surface area contributed by atoms with Gasteiger partial charge in [0.1, 0.15) is 18.5 Å². The normalized spacial score (nSPS) is 11.5. The number of esters is 1. The van der Waals surface area contributed by atoms with Crippen molar-refractivity contribution in [1.82, 2.24) is 10.3 Å². The Balaban J connectivity index is 1.67. The highest BCUT2D eigenvalue weighted by atomic mass is 35.5. The topological polar surface area (TPSA) is 97.8 Å². The van der Waals surface area contributed by atoms with Gasteiger partial charge in [-0.15, -0.1) is 0 Å². The SMILES string of the molecule is COc1ccnc(C(=O)NCC(=O)OC(Cc2ccccc2)Cc2ccc(F)cc2Cl)c1O. The molecule has 1 atom stereocenters. The van der Waals surface area contributed by atoms with E-state index in [1.807, 2.05) is 30.3 Å². The number of amides is 1. The van der Waals surface area contributed by atoms with Crippen LogP contribution in [-0.4, -0.2) is 41.7 Å². The van der Waals surface area contributed by atoms with E-state index in [4.69, 9.17) is 21.1 Å². The van der Waals surface area contributed by atoms with E-state index in [1.54, 1.807) is 6.07 Å². The third kappa shape index (κ3) is 6.66. The van der Waals surface area contributed by atoms with Crippen LogP contribution in [0.1, 0.15) is 21.6 Å². The van der Waals surface area contributed by atoms with Crippen LogP contribution in [0.25, 0.3) is 0 Å². The number of halogens is 2. The second kappa shape index (κ2) is 11.3. The molecule has 9 heteroatoms. The summed E-state index contributed by atoms with van der Waals surface area (Å²) < 4.78 is 23.9. The van der Waals surface area contributed by atoms with Crippen LogP contribution in [0, 0.1) is 5.82 Å². The number of ether oxygens (including phenoxy) is 2. The molecule has 1 heterocycles. The Morgan fingerprint density at radius 2 is 1.91 bits per heavy atom. The number of rotatable bonds is 9. The Bertz CT molecular complexity index is 1130. The van der Waals surface area contributed by atoms with Crippen LogP contribution >= 0.6 is 11.6 Å². The third-order valence-corrected chi connectivity index (χ3v) is 5.13. The van der Waals surface area contributed by atoms with Crippen molar-refractivity contribution in [3.63, 3.8) is 0 Å². The first-order valence-corrected chi connectivity index (χ1v) is 10.4. The van der Waals surface area contributed by atoms with E-state index in [1.165, 1.54) is 31.5 Å². The van der Waals surface area contributed by atoms with E-state index < -0.39 is 36.1 Å². The lowest BCUT2D eigenvalue weighted by atomic mass is 10.0. The van der Waals surface area contributed by atoms with Crippen LogP contribution in [0.2, 0.25) is 5.02 Å². The van der Waals surface area contributed by atoms with Crippen molar-refractivity contribution in [2.24, 2.45) is 0 Å². The van der Waals surface area contributed by atoms with Crippen molar-refractivity contribution in [3.05, 3.63) is 88.5 Å². The Labute approximate surface area is 195 Å². The van der Waals surface area contributed by atoms with Crippen molar-refractivity contribution in [3.8, 4) is 11.5 Å². The summed E-state index contributed by atoms with van der Waals surface area (Å²) in [4.78, 5) is 28.6. The fraction of sp³-hybridized carbons (Fsp3) is 0.208. The molecule has 0 radical (unpaired) electrons. The molecule has 0 fully saturated rings. The first-order chi connectivity index (χ1) is 15.9. The average Bonchev–Trinajstić information content (AvgIpc) is 2.80. The van der Waals surface area contributed by atoms with Gasteiger partial charge < -0.3 is 19.9 Å². The number of aromatic nitrogens is 1. The summed E-state index contributed by atoms with van der Waals surface area (Å²) in [5, 5.41) is 12.6. The van der Waals surface area contributed by atoms with Crippen LogP contribution in [0.5, 0.6) is 11.5 Å². The number of aromatic hydroxyl groups is 1. The molecule has 0 bridgehead atoms. The van der Waals surface area contributed by atoms with E-state index in [0.29, 0.717) is 12.0 Å². The second-order valence-corrected chi connectivity index (χ2v) is 7.54. The first-order valence-electron chi connectivity index (χ1n) is 10.0. The zero-order valence-electron chi connectivity index (χ0n) is 17.8. The molecule has 2 N–H and O–H groups in total. The van der Waals surface area contributed by atoms with Gasteiger partial charge in [0.15, 0.2) is 17.2 Å². The highest BCUT2D eigenvalue weighted by Crippen LogP contribution is 2.27. The van der Waals surface area contributed by atoms with Crippen LogP contribution in [-0.2, 0) is 22.4 Å². The van der Waals surface area contributed by atoms with Crippen molar-refractivity contribution >= 4 is 23.5 Å². The fourth-order valence-corrected chi connectivity index (χ4v) is 3.44. The number of carbonyl (C=O) groups is 2. The van der Waals surface area contributed by atoms with Gasteiger partial charge in [0, 0.05) is 30.1 Å². The summed E-state index contributed by atoms with van der Waals surface area (Å²) in [6.07, 6.45) is 1.34. The molecule has 3 rings (SSSR count). The summed E-state index contributed by atoms with van der Waals surface area (Å²) in [6.45, 7) is -0.445. The van der Waals surface area contributed by atoms with Crippen molar-refractivity contribution in [2.45, 2.75) is 18.9 Å². The summed E-state index contributed by atoms with van der Waals surface area (Å²) in [5.41, 5.74) is 1.28. The molecule has 0 aliphatic rings. The number of pyridine rings is 1. The number of methoxy groups -OCH3 is 1. The summed E-state index contributed by atoms with van der Waals surface area (Å²) >= 11 is 6.14. The van der Waals surface area contributed by atoms with Gasteiger partial charge >= 0.3 is 5.97 Å². The van der Waals surface area contributed by atoms with Crippen molar-refractivity contribution < 1.29 is 28.6 Å². The molecule has 0 aliphatic carbocycles. The molecule has 1 aromatic heterocycles. The quantitative estimate of drug-likeness (QED) is 0.461. The van der Waals surface area contributed by atoms with Gasteiger partial charge in [-0.1, -0.05) is 48.0 Å². The van der Waals surface area contributed by atoms with Gasteiger partial charge in [-0.3, -0.25) is 9.59 Å². The van der Waals surface area contributed by atoms with Gasteiger partial charge in [-0.05, 0) is 23.3 Å². The molecule has 0 aliphatic heterocycles. The number of benzene rings is 2. The Kier molecular flexibility index (Phi) is 8.21. The lowest BCUT2D eigenvalue weighted by Gasteiger charge is -2.19. The first kappa shape index (κ1) is 24.0. The third-order valence-electron chi connectivity index (χ3n) is 4.78. The summed E-state index contributed by atoms with van der Waals surface area (Å²) in [7, 11) is 1.34. The molecule has 3 aromatic rings. The zero-order valence-corrected chi connectivity index (χ0v) is 18.5. The van der Waals surface area contributed by atoms with Gasteiger partial charge in [0.25, 0.3) is 5.91 Å². The Morgan fingerprint density at radius 1 is 1.15 bits per heavy atom. The highest BCUT2D eigenvalue weighted by molar-refractivity contribution is 6.31. The zero-order chi connectivity index (χ0) is 23.8. The van der Waals surface area contributed by atoms with E-state index in [2.05, 4.69) is 10.3 Å². The predicted molar refractivity (Wildman–Crippen MR) is 120 cm³/mol. The molecule has 33 heavy (non-hydrogen) atoms. The Morgan fingerprint density at radius 3 is 2.61 bits per heavy atom. The standard InChI is InChI=1S/C24H22ClFN2O5/c1-32-20-9-10-27-22(23(20)30)24(31)28-14-21(29)33-18(11-15-5-3-2-4-6-15)12-16-7-8-17(26)13-19(16)25/h2-10,13,18,30H,11-12,14H2,1H3,(H,28,31). The summed E-state index contributed by atoms with van der Waals surface area (Å²) in [6, 6.07) is 14.8. The largest absolute Gasteiger partial charge is 0.503 e. The molecule has 0 saturated carbocycles. The number of carbonyl (C=O) groups excluding carboxylic acids is 2. The molecular weight excluding hydrogens is 451 g/mol. The smallest absolute Gasteiger partial charge is 0.325 e. The number of nitrogens with one attached hydrogen (secondary N) is 1. The highest BCUT2D eigenvalue weighted by Gasteiger charge is 2.21. The van der Waals surface area contributed by atoms with Crippen molar-refractivity contribution in [1.29, 1.82) is 0 Å². The maximum Gasteiger partial charge on any atom is 0.325 e. The van der Waals surface area contributed by atoms with E-state index in [0.717, 1.165) is 5.56 Å². The van der Waals surface area contributed by atoms with Crippen LogP contribution in [0.4, 0.5) is 4.39 Å². The predicted octanol–water partition coefficient (Wildman–Crippen LogP) is 3.72. The molecule has 0 spiro atoms. The fourth-order valence-electron chi connectivity index (χ4n) is 3.20. The maximum absolute atomic E-state index is 13.4. The van der Waals surface area contributed by atoms with Gasteiger partial charge in [-0.25, -0.2) is 9.37 Å². The van der Waals surface area contributed by atoms with Crippen molar-refractivity contribution in [2.75, 3.05) is 13.7 Å². The number of nitrogens with zero attached hydrogens (tertiary/aromatic N) is 1. The molecular formula is C24H22ClFN2O5. The summed E-state index contributed by atoms with van der Waals surface area (Å²) in [5.74, 6) is -2.26. The van der Waals surface area contributed by atoms with E-state index in [9.17, 15) is 19.1 Å². The lowest BCUT2D eigenvalue weighted by molar-refractivity contribution is -0.147. The molecule has 1 amide bonds. The number of hydrogen-bond acceptors (Lipinski definition) is 6. The monoisotopic (exact) mass is 472 g/mol. The van der Waals surface area contributed by atoms with Gasteiger partial charge in [-0.2, -0.15) is 0 Å². The molecule has 1 unspecified atom stereocenters. The van der Waals surface area contributed by atoms with Crippen LogP contribution < -0.4 is 10.1 Å². The van der Waals surface area contributed by atoms with Crippen LogP contribution in [0.3, 0.4) is 0 Å². The number of hydrogen-bond donors (Lipinski definition) is 2. The minimum Gasteiger partial charge on any atom is -0.503 e. The maximum atomic E-state index is 13.4. The average molecular weight is 473 g/mol. The minimum absolute atomic E-state index is 0.0804. The molecule has 172 valence electrons. The second-order valence-electron chi connectivity index (χ2n) is 7.13. The molecule has 7 nitrogen and oxygen atoms in total. The Hall–Kier alpha value is -3.65. The van der Waals surface area contributed by atoms with Crippen LogP contribution in [0.15, 0.2) is 60.8 Å². The van der Waals surface area contributed by atoms with Gasteiger partial charge in [0.2, 0.25) is 0 Å². The molecule has 2 aromatic carbocycles. The lowest BCUT2D eigenvalue weighted by Crippen LogP contribution is -2.34. The molecule has 0 saturated heterocycles. The van der Waals surface area contributed by atoms with Gasteiger partial charge in [0.05, 0.1) is 7.11 Å². The minimum atomic E-state index is -0.760. The van der Waals surface area contributed by atoms with E-state index >= 15 is 0 Å². The van der Waals surface area contributed by atoms with E-state index in [-0.39, 0.29) is 22.9 Å².